The molecule has 4 N–H and O–H groups in total. The molecule has 0 bridgehead atoms. The molecule has 2 heterocycles. The molecular weight excluding hydrogens is 415 g/mol. The molecule has 1 aromatic rings. The van der Waals surface area contributed by atoms with Crippen molar-refractivity contribution in [3.63, 3.8) is 0 Å². The molecule has 2 rings (SSSR count). The fraction of sp³-hybridized carbons (Fsp3) is 0.500. The molecule has 166 valence electrons. The number of nitrogens with zero attached hydrogens (tertiary/aromatic N) is 2. The average Bonchev–Trinajstić information content (AvgIpc) is 2.68. The number of pyridine rings is 1. The van der Waals surface area contributed by atoms with Gasteiger partial charge in [-0.15, -0.1) is 0 Å². The Labute approximate surface area is 179 Å². The van der Waals surface area contributed by atoms with Gasteiger partial charge in [0, 0.05) is 19.2 Å². The van der Waals surface area contributed by atoms with E-state index in [1.54, 1.807) is 13.8 Å². The molecule has 0 spiro atoms. The molecule has 0 fully saturated rings. The summed E-state index contributed by atoms with van der Waals surface area (Å²) in [7, 11) is 0. The van der Waals surface area contributed by atoms with Crippen molar-refractivity contribution < 1.29 is 17.9 Å². The largest absolute Gasteiger partial charge is 0.477 e. The van der Waals surface area contributed by atoms with Crippen LogP contribution in [0.5, 0.6) is 0 Å². The Kier molecular flexibility index (Phi) is 8.05. The summed E-state index contributed by atoms with van der Waals surface area (Å²) >= 11 is 1.16. The number of hydrogen-bond acceptors (Lipinski definition) is 7. The molecule has 0 radical (unpaired) electrons. The van der Waals surface area contributed by atoms with E-state index in [2.05, 4.69) is 26.6 Å². The van der Waals surface area contributed by atoms with Gasteiger partial charge in [0.25, 0.3) is 0 Å². The molecule has 1 aliphatic rings. The second-order valence-electron chi connectivity index (χ2n) is 7.39. The summed E-state index contributed by atoms with van der Waals surface area (Å²) in [5.74, 6) is 0.452. The van der Waals surface area contributed by atoms with E-state index in [0.29, 0.717) is 46.7 Å². The molecule has 6 nitrogen and oxygen atoms in total. The maximum Gasteiger partial charge on any atom is 0.433 e. The Morgan fingerprint density at radius 2 is 2.00 bits per heavy atom. The Morgan fingerprint density at radius 1 is 1.30 bits per heavy atom. The van der Waals surface area contributed by atoms with Crippen LogP contribution < -0.4 is 15.8 Å². The standard InChI is InChI=1S/C20H28F3N5OS/c1-11(2)14-9-16(20(21,22)23)27-17(12(3)4)18(14)26-13(5)28-30-15(10-24)19-25-7-6-8-29-19/h9-12,26,28H,5-8,24H2,1-4H3. The first-order chi connectivity index (χ1) is 14.0. The van der Waals surface area contributed by atoms with Crippen LogP contribution in [0.25, 0.3) is 0 Å². The van der Waals surface area contributed by atoms with Crippen LogP contribution in [0.3, 0.4) is 0 Å². The van der Waals surface area contributed by atoms with Crippen LogP contribution in [0.2, 0.25) is 0 Å². The zero-order valence-electron chi connectivity index (χ0n) is 17.6. The normalized spacial score (nSPS) is 15.1. The lowest BCUT2D eigenvalue weighted by Gasteiger charge is -2.23. The van der Waals surface area contributed by atoms with Crippen molar-refractivity contribution in [1.29, 1.82) is 0 Å². The first-order valence-electron chi connectivity index (χ1n) is 9.64. The van der Waals surface area contributed by atoms with Crippen molar-refractivity contribution in [2.45, 2.75) is 52.1 Å². The molecular formula is C20H28F3N5OS. The zero-order valence-corrected chi connectivity index (χ0v) is 18.4. The first-order valence-corrected chi connectivity index (χ1v) is 10.5. The van der Waals surface area contributed by atoms with Crippen LogP contribution in [-0.4, -0.2) is 24.0 Å². The predicted octanol–water partition coefficient (Wildman–Crippen LogP) is 5.09. The van der Waals surface area contributed by atoms with E-state index in [4.69, 9.17) is 10.5 Å². The second kappa shape index (κ2) is 10.1. The van der Waals surface area contributed by atoms with Crippen molar-refractivity contribution in [3.8, 4) is 0 Å². The summed E-state index contributed by atoms with van der Waals surface area (Å²) < 4.78 is 48.5. The number of nitrogens with two attached hydrogens (primary N) is 1. The van der Waals surface area contributed by atoms with Crippen LogP contribution in [0, 0.1) is 0 Å². The highest BCUT2D eigenvalue weighted by Crippen LogP contribution is 2.37. The number of rotatable bonds is 8. The van der Waals surface area contributed by atoms with Crippen molar-refractivity contribution in [2.75, 3.05) is 18.5 Å². The zero-order chi connectivity index (χ0) is 22.5. The van der Waals surface area contributed by atoms with E-state index < -0.39 is 11.9 Å². The highest BCUT2D eigenvalue weighted by molar-refractivity contribution is 8.02. The topological polar surface area (TPSA) is 84.6 Å². The molecule has 0 saturated heterocycles. The smallest absolute Gasteiger partial charge is 0.433 e. The summed E-state index contributed by atoms with van der Waals surface area (Å²) in [5.41, 5.74) is 6.15. The van der Waals surface area contributed by atoms with Gasteiger partial charge in [0.15, 0.2) is 0 Å². The Bertz CT molecular complexity index is 805. The molecule has 1 aromatic heterocycles. The third-order valence-electron chi connectivity index (χ3n) is 4.26. The van der Waals surface area contributed by atoms with Gasteiger partial charge in [-0.1, -0.05) is 34.3 Å². The quantitative estimate of drug-likeness (QED) is 0.486. The van der Waals surface area contributed by atoms with Crippen molar-refractivity contribution in [2.24, 2.45) is 10.7 Å². The lowest BCUT2D eigenvalue weighted by molar-refractivity contribution is -0.141. The summed E-state index contributed by atoms with van der Waals surface area (Å²) in [5, 5.41) is 3.10. The second-order valence-corrected chi connectivity index (χ2v) is 8.24. The van der Waals surface area contributed by atoms with Crippen LogP contribution in [0.1, 0.15) is 62.9 Å². The highest BCUT2D eigenvalue weighted by Gasteiger charge is 2.35. The van der Waals surface area contributed by atoms with Gasteiger partial charge in [-0.25, -0.2) is 4.98 Å². The Balaban J connectivity index is 2.25. The maximum absolute atomic E-state index is 13.3. The van der Waals surface area contributed by atoms with Crippen molar-refractivity contribution in [3.05, 3.63) is 46.5 Å². The van der Waals surface area contributed by atoms with E-state index >= 15 is 0 Å². The number of halogens is 3. The third kappa shape index (κ3) is 6.07. The van der Waals surface area contributed by atoms with E-state index in [1.807, 2.05) is 13.8 Å². The number of ether oxygens (including phenoxy) is 1. The third-order valence-corrected chi connectivity index (χ3v) is 5.14. The molecule has 0 saturated carbocycles. The summed E-state index contributed by atoms with van der Waals surface area (Å²) in [6, 6.07) is 1.09. The predicted molar refractivity (Wildman–Crippen MR) is 116 cm³/mol. The highest BCUT2D eigenvalue weighted by atomic mass is 32.2. The first kappa shape index (κ1) is 23.9. The van der Waals surface area contributed by atoms with Crippen LogP contribution in [0.4, 0.5) is 18.9 Å². The number of nitrogens with one attached hydrogen (secondary N) is 2. The Morgan fingerprint density at radius 3 is 2.50 bits per heavy atom. The number of hydrogen-bond donors (Lipinski definition) is 3. The van der Waals surface area contributed by atoms with Gasteiger partial charge >= 0.3 is 6.18 Å². The van der Waals surface area contributed by atoms with Crippen LogP contribution >= 0.6 is 11.9 Å². The summed E-state index contributed by atoms with van der Waals surface area (Å²) in [4.78, 5) is 8.77. The molecule has 0 atom stereocenters. The van der Waals surface area contributed by atoms with Crippen LogP contribution in [-0.2, 0) is 10.9 Å². The van der Waals surface area contributed by atoms with Gasteiger partial charge in [-0.3, -0.25) is 4.99 Å². The SMILES string of the molecule is C=C(NSC(=CN)C1=NCCCO1)Nc1c(C(C)C)cc(C(F)(F)F)nc1C(C)C. The van der Waals surface area contributed by atoms with E-state index in [0.717, 1.165) is 24.4 Å². The summed E-state index contributed by atoms with van der Waals surface area (Å²) in [6.07, 6.45) is -2.28. The van der Waals surface area contributed by atoms with E-state index in [-0.39, 0.29) is 11.8 Å². The minimum absolute atomic E-state index is 0.154. The van der Waals surface area contributed by atoms with E-state index in [9.17, 15) is 13.2 Å². The fourth-order valence-corrected chi connectivity index (χ4v) is 3.35. The molecule has 1 aliphatic heterocycles. The minimum atomic E-state index is -4.52. The minimum Gasteiger partial charge on any atom is -0.477 e. The molecule has 30 heavy (non-hydrogen) atoms. The molecule has 10 heteroatoms. The lowest BCUT2D eigenvalue weighted by Crippen LogP contribution is -2.21. The lowest BCUT2D eigenvalue weighted by atomic mass is 9.95. The monoisotopic (exact) mass is 443 g/mol. The fourth-order valence-electron chi connectivity index (χ4n) is 2.79. The van der Waals surface area contributed by atoms with Gasteiger partial charge in [0.2, 0.25) is 5.90 Å². The molecule has 0 aromatic carbocycles. The van der Waals surface area contributed by atoms with Gasteiger partial charge in [0.05, 0.1) is 18.0 Å². The van der Waals surface area contributed by atoms with Gasteiger partial charge in [-0.2, -0.15) is 13.2 Å². The Hall–Kier alpha value is -2.36. The van der Waals surface area contributed by atoms with Crippen molar-refractivity contribution >= 4 is 23.5 Å². The van der Waals surface area contributed by atoms with E-state index in [1.165, 1.54) is 6.20 Å². The van der Waals surface area contributed by atoms with Gasteiger partial charge in [0.1, 0.15) is 16.4 Å². The molecule has 0 aliphatic carbocycles. The van der Waals surface area contributed by atoms with Gasteiger partial charge < -0.3 is 20.5 Å². The van der Waals surface area contributed by atoms with Crippen LogP contribution in [0.15, 0.2) is 34.6 Å². The molecule has 0 amide bonds. The average molecular weight is 444 g/mol. The number of aromatic nitrogens is 1. The molecule has 0 unspecified atom stereocenters. The van der Waals surface area contributed by atoms with Gasteiger partial charge in [-0.05, 0) is 35.4 Å². The maximum atomic E-state index is 13.3. The number of aliphatic imine (C=N–C) groups is 1. The number of alkyl halides is 3. The number of anilines is 1. The summed E-state index contributed by atoms with van der Waals surface area (Å²) in [6.45, 7) is 12.4. The van der Waals surface area contributed by atoms with Crippen molar-refractivity contribution in [1.82, 2.24) is 9.71 Å².